The first-order valence-electron chi connectivity index (χ1n) is 6.30. The molecule has 0 aliphatic rings. The highest BCUT2D eigenvalue weighted by Crippen LogP contribution is 2.31. The molecule has 0 unspecified atom stereocenters. The van der Waals surface area contributed by atoms with E-state index in [1.165, 1.54) is 30.4 Å². The first-order valence-corrected chi connectivity index (χ1v) is 9.79. The fraction of sp³-hybridized carbons (Fsp3) is 0.0769. The van der Waals surface area contributed by atoms with Crippen LogP contribution in [0.2, 0.25) is 4.34 Å². The van der Waals surface area contributed by atoms with Crippen LogP contribution in [0.5, 0.6) is 0 Å². The van der Waals surface area contributed by atoms with Gasteiger partial charge < -0.3 is 5.32 Å². The second-order valence-electron chi connectivity index (χ2n) is 4.55. The van der Waals surface area contributed by atoms with Gasteiger partial charge in [0.2, 0.25) is 5.91 Å². The summed E-state index contributed by atoms with van der Waals surface area (Å²) in [6.45, 7) is 1.40. The normalized spacial score (nSPS) is 11.6. The van der Waals surface area contributed by atoms with Crippen molar-refractivity contribution in [2.45, 2.75) is 11.1 Å². The molecule has 23 heavy (non-hydrogen) atoms. The number of hydrogen-bond donors (Lipinski definition) is 2. The molecule has 3 aromatic rings. The van der Waals surface area contributed by atoms with Crippen molar-refractivity contribution in [3.63, 3.8) is 0 Å². The van der Waals surface area contributed by atoms with Crippen molar-refractivity contribution < 1.29 is 13.2 Å². The highest BCUT2D eigenvalue weighted by Gasteiger charge is 2.17. The lowest BCUT2D eigenvalue weighted by molar-refractivity contribution is -0.114. The molecule has 0 spiro atoms. The molecule has 0 bridgehead atoms. The van der Waals surface area contributed by atoms with Crippen molar-refractivity contribution in [2.75, 3.05) is 10.0 Å². The van der Waals surface area contributed by atoms with Crippen LogP contribution in [-0.4, -0.2) is 19.3 Å². The number of benzene rings is 1. The Hall–Kier alpha value is -1.68. The first-order chi connectivity index (χ1) is 10.8. The SMILES string of the molecule is CC(=O)Nc1nc2ccc(NS(=O)(=O)c3ccc(Cl)s3)cc2s1. The molecule has 6 nitrogen and oxygen atoms in total. The highest BCUT2D eigenvalue weighted by atomic mass is 35.5. The summed E-state index contributed by atoms with van der Waals surface area (Å²) in [5.74, 6) is -0.209. The zero-order chi connectivity index (χ0) is 16.6. The number of halogens is 1. The summed E-state index contributed by atoms with van der Waals surface area (Å²) in [6, 6.07) is 7.97. The van der Waals surface area contributed by atoms with E-state index < -0.39 is 10.0 Å². The van der Waals surface area contributed by atoms with Gasteiger partial charge in [-0.25, -0.2) is 13.4 Å². The van der Waals surface area contributed by atoms with Gasteiger partial charge in [0.25, 0.3) is 10.0 Å². The summed E-state index contributed by atoms with van der Waals surface area (Å²) in [5, 5.41) is 3.08. The van der Waals surface area contributed by atoms with E-state index in [-0.39, 0.29) is 10.1 Å². The van der Waals surface area contributed by atoms with E-state index in [1.54, 1.807) is 18.2 Å². The van der Waals surface area contributed by atoms with E-state index in [1.807, 2.05) is 0 Å². The number of carbonyl (C=O) groups excluding carboxylic acids is 1. The van der Waals surface area contributed by atoms with E-state index in [9.17, 15) is 13.2 Å². The number of carbonyl (C=O) groups is 1. The fourth-order valence-electron chi connectivity index (χ4n) is 1.84. The zero-order valence-corrected chi connectivity index (χ0v) is 14.9. The zero-order valence-electron chi connectivity index (χ0n) is 11.7. The number of amides is 1. The molecule has 0 atom stereocenters. The minimum absolute atomic E-state index is 0.144. The van der Waals surface area contributed by atoms with Gasteiger partial charge in [-0.2, -0.15) is 0 Å². The lowest BCUT2D eigenvalue weighted by Gasteiger charge is -2.05. The predicted molar refractivity (Wildman–Crippen MR) is 94.1 cm³/mol. The Morgan fingerprint density at radius 3 is 2.65 bits per heavy atom. The van der Waals surface area contributed by atoms with Crippen molar-refractivity contribution in [3.05, 3.63) is 34.7 Å². The van der Waals surface area contributed by atoms with Gasteiger partial charge in [-0.15, -0.1) is 11.3 Å². The maximum Gasteiger partial charge on any atom is 0.271 e. The molecule has 3 rings (SSSR count). The van der Waals surface area contributed by atoms with Gasteiger partial charge in [-0.3, -0.25) is 9.52 Å². The number of anilines is 2. The minimum atomic E-state index is -3.67. The van der Waals surface area contributed by atoms with Crippen LogP contribution in [0.25, 0.3) is 10.2 Å². The molecule has 120 valence electrons. The summed E-state index contributed by atoms with van der Waals surface area (Å²) in [5.41, 5.74) is 1.10. The van der Waals surface area contributed by atoms with E-state index in [2.05, 4.69) is 15.0 Å². The van der Waals surface area contributed by atoms with E-state index in [0.717, 1.165) is 16.0 Å². The molecular weight excluding hydrogens is 378 g/mol. The number of fused-ring (bicyclic) bond motifs is 1. The van der Waals surface area contributed by atoms with Crippen molar-refractivity contribution in [1.29, 1.82) is 0 Å². The number of aromatic nitrogens is 1. The van der Waals surface area contributed by atoms with Crippen molar-refractivity contribution in [3.8, 4) is 0 Å². The average molecular weight is 388 g/mol. The number of sulfonamides is 1. The summed E-state index contributed by atoms with van der Waals surface area (Å²) in [7, 11) is -3.67. The number of hydrogen-bond acceptors (Lipinski definition) is 6. The Kier molecular flexibility index (Phi) is 4.28. The quantitative estimate of drug-likeness (QED) is 0.713. The van der Waals surface area contributed by atoms with Gasteiger partial charge in [0, 0.05) is 6.92 Å². The maximum absolute atomic E-state index is 12.3. The third-order valence-electron chi connectivity index (χ3n) is 2.74. The Balaban J connectivity index is 1.90. The topological polar surface area (TPSA) is 88.2 Å². The van der Waals surface area contributed by atoms with Gasteiger partial charge in [0.15, 0.2) is 5.13 Å². The molecule has 0 radical (unpaired) electrons. The second-order valence-corrected chi connectivity index (χ2v) is 9.20. The molecule has 0 aliphatic carbocycles. The third kappa shape index (κ3) is 3.63. The monoisotopic (exact) mass is 387 g/mol. The smallest absolute Gasteiger partial charge is 0.271 e. The predicted octanol–water partition coefficient (Wildman–Crippen LogP) is 3.77. The van der Waals surface area contributed by atoms with Crippen LogP contribution in [0.15, 0.2) is 34.5 Å². The summed E-state index contributed by atoms with van der Waals surface area (Å²) >= 11 is 8.03. The number of nitrogens with one attached hydrogen (secondary N) is 2. The molecule has 2 N–H and O–H groups in total. The Labute approximate surface area is 145 Å². The van der Waals surface area contributed by atoms with Crippen molar-refractivity contribution in [2.24, 2.45) is 0 Å². The molecule has 0 fully saturated rings. The Morgan fingerprint density at radius 1 is 1.22 bits per heavy atom. The van der Waals surface area contributed by atoms with Crippen LogP contribution < -0.4 is 10.0 Å². The Morgan fingerprint density at radius 2 is 2.00 bits per heavy atom. The van der Waals surface area contributed by atoms with Gasteiger partial charge in [0.1, 0.15) is 4.21 Å². The van der Waals surface area contributed by atoms with Crippen LogP contribution >= 0.6 is 34.3 Å². The lowest BCUT2D eigenvalue weighted by Crippen LogP contribution is -2.11. The Bertz CT molecular complexity index is 994. The number of rotatable bonds is 4. The number of nitrogens with zero attached hydrogens (tertiary/aromatic N) is 1. The number of thiophene rings is 1. The van der Waals surface area contributed by atoms with Crippen molar-refractivity contribution >= 4 is 71.2 Å². The molecule has 0 saturated heterocycles. The molecule has 2 aromatic heterocycles. The molecule has 2 heterocycles. The summed E-state index contributed by atoms with van der Waals surface area (Å²) in [6.07, 6.45) is 0. The third-order valence-corrected chi connectivity index (χ3v) is 6.77. The number of thiazole rings is 1. The van der Waals surface area contributed by atoms with Crippen LogP contribution in [0.3, 0.4) is 0 Å². The average Bonchev–Trinajstić information content (AvgIpc) is 3.03. The standard InChI is InChI=1S/C13H10ClN3O3S3/c1-7(18)15-13-16-9-3-2-8(6-10(9)21-13)17-23(19,20)12-5-4-11(14)22-12/h2-6,17H,1H3,(H,15,16,18). The molecule has 1 amide bonds. The first kappa shape index (κ1) is 16.2. The summed E-state index contributed by atoms with van der Waals surface area (Å²) < 4.78 is 28.4. The van der Waals surface area contributed by atoms with Gasteiger partial charge >= 0.3 is 0 Å². The fourth-order valence-corrected chi connectivity index (χ4v) is 5.32. The van der Waals surface area contributed by atoms with E-state index in [4.69, 9.17) is 11.6 Å². The van der Waals surface area contributed by atoms with Crippen LogP contribution in [0.4, 0.5) is 10.8 Å². The molecule has 0 aliphatic heterocycles. The summed E-state index contributed by atoms with van der Waals surface area (Å²) in [4.78, 5) is 15.3. The molecular formula is C13H10ClN3O3S3. The minimum Gasteiger partial charge on any atom is -0.302 e. The van der Waals surface area contributed by atoms with Gasteiger partial charge in [-0.05, 0) is 30.3 Å². The van der Waals surface area contributed by atoms with Crippen LogP contribution in [0.1, 0.15) is 6.92 Å². The molecule has 1 aromatic carbocycles. The lowest BCUT2D eigenvalue weighted by atomic mass is 10.3. The van der Waals surface area contributed by atoms with E-state index >= 15 is 0 Å². The van der Waals surface area contributed by atoms with Crippen molar-refractivity contribution in [1.82, 2.24) is 4.98 Å². The van der Waals surface area contributed by atoms with Crippen LogP contribution in [0, 0.1) is 0 Å². The molecule has 0 saturated carbocycles. The van der Waals surface area contributed by atoms with E-state index in [0.29, 0.717) is 20.7 Å². The second kappa shape index (κ2) is 6.08. The van der Waals surface area contributed by atoms with Gasteiger partial charge in [-0.1, -0.05) is 22.9 Å². The largest absolute Gasteiger partial charge is 0.302 e. The maximum atomic E-state index is 12.3. The molecule has 10 heteroatoms. The van der Waals surface area contributed by atoms with Crippen LogP contribution in [-0.2, 0) is 14.8 Å². The highest BCUT2D eigenvalue weighted by molar-refractivity contribution is 7.94. The van der Waals surface area contributed by atoms with Gasteiger partial charge in [0.05, 0.1) is 20.2 Å².